The van der Waals surface area contributed by atoms with Gasteiger partial charge in [0.2, 0.25) is 47.3 Å². The first-order valence-electron chi connectivity index (χ1n) is 22.9. The zero-order chi connectivity index (χ0) is 48.5. The molecule has 5 heterocycles. The van der Waals surface area contributed by atoms with E-state index in [1.54, 1.807) is 29.1 Å². The van der Waals surface area contributed by atoms with Crippen LogP contribution in [0.15, 0.2) is 66.2 Å². The van der Waals surface area contributed by atoms with Crippen LogP contribution in [-0.2, 0) is 44.8 Å². The number of carbonyl (C=O) groups excluding carboxylic acids is 8. The van der Waals surface area contributed by atoms with Crippen LogP contribution in [0.4, 0.5) is 0 Å². The molecule has 7 rings (SSSR count). The Morgan fingerprint density at radius 1 is 0.897 bits per heavy atom. The minimum atomic E-state index is -1.48. The van der Waals surface area contributed by atoms with Crippen LogP contribution in [0.3, 0.4) is 0 Å². The van der Waals surface area contributed by atoms with Gasteiger partial charge in [-0.3, -0.25) is 38.4 Å². The maximum Gasteiger partial charge on any atom is 0.246 e. The number of rotatable bonds is 10. The number of amides is 8. The topological polar surface area (TPSA) is 283 Å². The molecule has 7 atom stereocenters. The highest BCUT2D eigenvalue weighted by Gasteiger charge is 2.45. The van der Waals surface area contributed by atoms with Crippen molar-refractivity contribution < 1.29 is 38.4 Å². The van der Waals surface area contributed by atoms with E-state index in [2.05, 4.69) is 49.0 Å². The van der Waals surface area contributed by atoms with E-state index >= 15 is 4.79 Å². The molecule has 4 aromatic rings. The fourth-order valence-corrected chi connectivity index (χ4v) is 10.6. The predicted octanol–water partition coefficient (Wildman–Crippen LogP) is 2.38. The summed E-state index contributed by atoms with van der Waals surface area (Å²) in [6, 6.07) is 4.76. The van der Waals surface area contributed by atoms with Crippen LogP contribution in [0.2, 0.25) is 0 Å². The molecule has 3 aliphatic rings. The van der Waals surface area contributed by atoms with Gasteiger partial charge in [-0.1, -0.05) is 61.9 Å². The maximum atomic E-state index is 15.1. The molecule has 68 heavy (non-hydrogen) atoms. The number of aromatic nitrogens is 3. The van der Waals surface area contributed by atoms with E-state index in [4.69, 9.17) is 11.5 Å². The van der Waals surface area contributed by atoms with Crippen molar-refractivity contribution in [3.05, 3.63) is 76.6 Å². The van der Waals surface area contributed by atoms with E-state index in [1.165, 1.54) is 21.8 Å². The Kier molecular flexibility index (Phi) is 16.2. The Balaban J connectivity index is 1.24. The summed E-state index contributed by atoms with van der Waals surface area (Å²) in [5.74, 6) is -6.18. The van der Waals surface area contributed by atoms with Crippen LogP contribution in [0.5, 0.6) is 0 Å². The Hall–Kier alpha value is -6.74. The average molecular weight is 968 g/mol. The minimum absolute atomic E-state index is 0.0317. The van der Waals surface area contributed by atoms with Crippen molar-refractivity contribution in [1.29, 1.82) is 0 Å². The van der Waals surface area contributed by atoms with Crippen molar-refractivity contribution in [1.82, 2.24) is 46.5 Å². The monoisotopic (exact) mass is 967 g/mol. The van der Waals surface area contributed by atoms with Crippen LogP contribution in [-0.4, -0.2) is 110 Å². The number of nitrogens with one attached hydrogen (secondary N) is 5. The second-order valence-corrected chi connectivity index (χ2v) is 19.5. The Morgan fingerprint density at radius 3 is 2.41 bits per heavy atom. The lowest BCUT2D eigenvalue weighted by atomic mass is 9.96. The molecule has 2 saturated heterocycles. The minimum Gasteiger partial charge on any atom is -0.370 e. The summed E-state index contributed by atoms with van der Waals surface area (Å²) in [7, 11) is 0. The number of hydrogen-bond donors (Lipinski definition) is 7. The van der Waals surface area contributed by atoms with Crippen molar-refractivity contribution in [2.24, 2.45) is 17.4 Å². The van der Waals surface area contributed by atoms with Crippen LogP contribution < -0.4 is 38.1 Å². The van der Waals surface area contributed by atoms with Gasteiger partial charge in [-0.2, -0.15) is 0 Å². The molecule has 2 aliphatic heterocycles. The van der Waals surface area contributed by atoms with Gasteiger partial charge < -0.3 is 43.0 Å². The van der Waals surface area contributed by atoms with Crippen LogP contribution in [0.25, 0.3) is 26.2 Å². The van der Waals surface area contributed by atoms with Gasteiger partial charge in [-0.25, -0.2) is 4.68 Å². The molecular formula is C47H57N11O8S2. The summed E-state index contributed by atoms with van der Waals surface area (Å²) in [6.45, 7) is 3.72. The Bertz CT molecular complexity index is 2620. The van der Waals surface area contributed by atoms with Crippen molar-refractivity contribution in [3.8, 4) is 10.6 Å². The molecule has 0 unspecified atom stereocenters. The third-order valence-corrected chi connectivity index (χ3v) is 14.8. The highest BCUT2D eigenvalue weighted by Crippen LogP contribution is 2.36. The number of benzene rings is 1. The lowest BCUT2D eigenvalue weighted by Gasteiger charge is -2.32. The Labute approximate surface area is 400 Å². The fourth-order valence-electron chi connectivity index (χ4n) is 8.60. The van der Waals surface area contributed by atoms with Gasteiger partial charge in [-0.05, 0) is 71.7 Å². The zero-order valence-electron chi connectivity index (χ0n) is 37.9. The summed E-state index contributed by atoms with van der Waals surface area (Å²) in [6.07, 6.45) is 9.00. The highest BCUT2D eigenvalue weighted by molar-refractivity contribution is 7.17. The summed E-state index contributed by atoms with van der Waals surface area (Å²) in [5.41, 5.74) is 13.9. The van der Waals surface area contributed by atoms with Crippen LogP contribution in [0.1, 0.15) is 88.1 Å². The van der Waals surface area contributed by atoms with Crippen molar-refractivity contribution >= 4 is 85.6 Å². The molecule has 8 amide bonds. The Morgan fingerprint density at radius 2 is 1.66 bits per heavy atom. The van der Waals surface area contributed by atoms with E-state index in [0.717, 1.165) is 31.8 Å². The molecule has 360 valence electrons. The fraction of sp³-hybridized carbons (Fsp3) is 0.447. The first-order valence-corrected chi connectivity index (χ1v) is 24.6. The number of thiophene rings is 2. The molecule has 0 spiro atoms. The van der Waals surface area contributed by atoms with Crippen LogP contribution in [0, 0.1) is 5.92 Å². The second-order valence-electron chi connectivity index (χ2n) is 17.5. The molecule has 0 radical (unpaired) electrons. The normalized spacial score (nSPS) is 24.3. The highest BCUT2D eigenvalue weighted by atomic mass is 32.1. The van der Waals surface area contributed by atoms with Gasteiger partial charge in [0.05, 0.1) is 23.5 Å². The standard InChI is InChI=1S/C47H57N11O8S2/c1-3-26(2)42-47(66)57-23-29(58-24-34(55-56-58)38-16-15-36(68-38)27-10-4-5-11-27)21-35(57)46(65)53-32(20-28-25-67-37-14-7-6-12-30(28)37)44(63)52-31(43(49)62)13-8-9-19-50-40(60)17-18-41(61)51-33(22-39(48)59)45(64)54-42/h4-7,10,12,14-16,24-26,29,31-33,35,42H,3,8-9,11,13,17-23H2,1-2H3,(H2,48,59)(H2,49,62)(H,50,60)(H,51,61)(H,52,63)(H,53,65)(H,54,64)/t26-,29-,31-,32-,33-,35-,42-/m0/s1. The number of nitrogens with zero attached hydrogens (tertiary/aromatic N) is 4. The maximum absolute atomic E-state index is 15.1. The van der Waals surface area contributed by atoms with Gasteiger partial charge in [-0.15, -0.1) is 27.8 Å². The van der Waals surface area contributed by atoms with E-state index in [1.807, 2.05) is 54.8 Å². The third kappa shape index (κ3) is 12.0. The zero-order valence-corrected chi connectivity index (χ0v) is 39.5. The summed E-state index contributed by atoms with van der Waals surface area (Å²) >= 11 is 3.05. The second kappa shape index (κ2) is 22.4. The average Bonchev–Trinajstić information content (AvgIpc) is 4.18. The molecule has 1 aromatic carbocycles. The molecule has 1 aliphatic carbocycles. The van der Waals surface area contributed by atoms with Crippen molar-refractivity contribution in [3.63, 3.8) is 0 Å². The molecule has 0 bridgehead atoms. The molecule has 19 nitrogen and oxygen atoms in total. The van der Waals surface area contributed by atoms with Gasteiger partial charge in [0.1, 0.15) is 35.9 Å². The number of fused-ring (bicyclic) bond motifs is 2. The molecule has 0 saturated carbocycles. The lowest BCUT2D eigenvalue weighted by Crippen LogP contribution is -2.60. The van der Waals surface area contributed by atoms with Gasteiger partial charge in [0, 0.05) is 48.3 Å². The van der Waals surface area contributed by atoms with E-state index in [-0.39, 0.29) is 45.2 Å². The molecular weight excluding hydrogens is 911 g/mol. The number of carbonyl (C=O) groups is 8. The number of allylic oxidation sites excluding steroid dienone is 4. The van der Waals surface area contributed by atoms with Crippen molar-refractivity contribution in [2.75, 3.05) is 13.1 Å². The summed E-state index contributed by atoms with van der Waals surface area (Å²) in [5, 5.41) is 25.3. The van der Waals surface area contributed by atoms with E-state index in [9.17, 15) is 33.6 Å². The first-order chi connectivity index (χ1) is 32.7. The van der Waals surface area contributed by atoms with E-state index in [0.29, 0.717) is 25.0 Å². The van der Waals surface area contributed by atoms with E-state index < -0.39 is 95.8 Å². The largest absolute Gasteiger partial charge is 0.370 e. The molecule has 2 fully saturated rings. The van der Waals surface area contributed by atoms with Gasteiger partial charge >= 0.3 is 0 Å². The van der Waals surface area contributed by atoms with Crippen molar-refractivity contribution in [2.45, 2.75) is 114 Å². The molecule has 3 aromatic heterocycles. The lowest BCUT2D eigenvalue weighted by molar-refractivity contribution is -0.143. The first kappa shape index (κ1) is 49.2. The van der Waals surface area contributed by atoms with Crippen LogP contribution >= 0.6 is 22.7 Å². The van der Waals surface area contributed by atoms with Gasteiger partial charge in [0.15, 0.2) is 0 Å². The number of hydrogen-bond acceptors (Lipinski definition) is 12. The predicted molar refractivity (Wildman–Crippen MR) is 256 cm³/mol. The summed E-state index contributed by atoms with van der Waals surface area (Å²) in [4.78, 5) is 112. The molecule has 9 N–H and O–H groups in total. The number of nitrogens with two attached hydrogens (primary N) is 2. The summed E-state index contributed by atoms with van der Waals surface area (Å²) < 4.78 is 2.58. The van der Waals surface area contributed by atoms with Gasteiger partial charge in [0.25, 0.3) is 0 Å². The SMILES string of the molecule is CC[C@H](C)[C@@H]1NC(=O)[C@H](CC(N)=O)NC(=O)CCC(=O)NCCCC[C@@H](C(N)=O)NC(=O)[C@H](Cc2csc3ccccc23)NC(=O)[C@@H]2C[C@H](n3cc(-c4ccc(C5=CC=CC5)s4)nn3)CN2C1=O. The quantitative estimate of drug-likeness (QED) is 0.122. The molecule has 21 heteroatoms. The smallest absolute Gasteiger partial charge is 0.246 e. The third-order valence-electron chi connectivity index (χ3n) is 12.6. The number of primary amides is 2.